The molecule has 1 atom stereocenters. The lowest BCUT2D eigenvalue weighted by Gasteiger charge is -2.13. The molecule has 0 saturated carbocycles. The third-order valence-corrected chi connectivity index (χ3v) is 4.06. The zero-order chi connectivity index (χ0) is 18.8. The van der Waals surface area contributed by atoms with E-state index >= 15 is 0 Å². The van der Waals surface area contributed by atoms with Gasteiger partial charge in [0.2, 0.25) is 0 Å². The van der Waals surface area contributed by atoms with Crippen LogP contribution >= 0.6 is 0 Å². The molecule has 1 aromatic carbocycles. The maximum atomic E-state index is 10.2. The molecule has 0 spiro atoms. The van der Waals surface area contributed by atoms with Crippen LogP contribution in [0.3, 0.4) is 0 Å². The first kappa shape index (κ1) is 20.0. The topological polar surface area (TPSA) is 74.5 Å². The molecule has 0 aliphatic carbocycles. The fourth-order valence-electron chi connectivity index (χ4n) is 2.83. The quantitative estimate of drug-likeness (QED) is 0.365. The van der Waals surface area contributed by atoms with E-state index in [0.29, 0.717) is 13.0 Å². The number of aromatic nitrogens is 2. The number of benzene rings is 1. The van der Waals surface area contributed by atoms with Gasteiger partial charge in [0.05, 0.1) is 18.3 Å². The zero-order valence-electron chi connectivity index (χ0n) is 16.1. The van der Waals surface area contributed by atoms with Gasteiger partial charge < -0.3 is 15.7 Å². The van der Waals surface area contributed by atoms with E-state index in [1.165, 1.54) is 5.69 Å². The van der Waals surface area contributed by atoms with Crippen molar-refractivity contribution >= 4 is 5.96 Å². The van der Waals surface area contributed by atoms with E-state index in [9.17, 15) is 5.11 Å². The van der Waals surface area contributed by atoms with Gasteiger partial charge in [-0.15, -0.1) is 0 Å². The summed E-state index contributed by atoms with van der Waals surface area (Å²) in [6.07, 6.45) is 1.09. The van der Waals surface area contributed by atoms with Crippen molar-refractivity contribution in [2.75, 3.05) is 19.6 Å². The highest BCUT2D eigenvalue weighted by molar-refractivity contribution is 5.79. The summed E-state index contributed by atoms with van der Waals surface area (Å²) in [6.45, 7) is 8.97. The molecule has 6 heteroatoms. The highest BCUT2D eigenvalue weighted by Gasteiger charge is 2.06. The van der Waals surface area contributed by atoms with E-state index in [1.54, 1.807) is 0 Å². The van der Waals surface area contributed by atoms with Crippen LogP contribution in [0.2, 0.25) is 0 Å². The number of aliphatic hydroxyl groups excluding tert-OH is 1. The average Bonchev–Trinajstić information content (AvgIpc) is 2.94. The van der Waals surface area contributed by atoms with E-state index in [4.69, 9.17) is 0 Å². The molecule has 0 aliphatic heterocycles. The van der Waals surface area contributed by atoms with E-state index in [1.807, 2.05) is 48.9 Å². The summed E-state index contributed by atoms with van der Waals surface area (Å²) in [5.41, 5.74) is 3.36. The Kier molecular flexibility index (Phi) is 8.15. The highest BCUT2D eigenvalue weighted by atomic mass is 16.3. The number of aryl methyl sites for hydroxylation is 3. The summed E-state index contributed by atoms with van der Waals surface area (Å²) in [4.78, 5) is 4.50. The molecule has 26 heavy (non-hydrogen) atoms. The van der Waals surface area contributed by atoms with Crippen LogP contribution in [0.15, 0.2) is 41.4 Å². The Hall–Kier alpha value is -2.34. The number of aliphatic hydroxyl groups is 1. The molecule has 0 saturated heterocycles. The number of hydrogen-bond donors (Lipinski definition) is 3. The molecule has 142 valence electrons. The van der Waals surface area contributed by atoms with Gasteiger partial charge >= 0.3 is 0 Å². The maximum Gasteiger partial charge on any atom is 0.191 e. The molecule has 1 heterocycles. The van der Waals surface area contributed by atoms with Gasteiger partial charge in [0.25, 0.3) is 0 Å². The lowest BCUT2D eigenvalue weighted by Crippen LogP contribution is -2.38. The molecular weight excluding hydrogens is 326 g/mol. The summed E-state index contributed by atoms with van der Waals surface area (Å²) in [7, 11) is 0. The van der Waals surface area contributed by atoms with Gasteiger partial charge in [-0.2, -0.15) is 5.10 Å². The van der Waals surface area contributed by atoms with Crippen molar-refractivity contribution in [3.63, 3.8) is 0 Å². The minimum atomic E-state index is -0.484. The van der Waals surface area contributed by atoms with Crippen molar-refractivity contribution in [3.8, 4) is 0 Å². The molecule has 0 fully saturated rings. The van der Waals surface area contributed by atoms with E-state index in [-0.39, 0.29) is 0 Å². The molecule has 1 unspecified atom stereocenters. The van der Waals surface area contributed by atoms with Crippen molar-refractivity contribution in [1.29, 1.82) is 0 Å². The number of hydrogen-bond acceptors (Lipinski definition) is 3. The maximum absolute atomic E-state index is 10.2. The molecule has 0 radical (unpaired) electrons. The van der Waals surface area contributed by atoms with Gasteiger partial charge in [-0.3, -0.25) is 9.67 Å². The number of aliphatic imine (C=N–C) groups is 1. The van der Waals surface area contributed by atoms with Crippen molar-refractivity contribution < 1.29 is 5.11 Å². The lowest BCUT2D eigenvalue weighted by atomic mass is 10.1. The van der Waals surface area contributed by atoms with Crippen LogP contribution in [0.25, 0.3) is 0 Å². The minimum absolute atomic E-state index is 0.377. The Morgan fingerprint density at radius 1 is 1.23 bits per heavy atom. The van der Waals surface area contributed by atoms with Gasteiger partial charge in [-0.1, -0.05) is 30.3 Å². The van der Waals surface area contributed by atoms with Gasteiger partial charge in [0.1, 0.15) is 0 Å². The van der Waals surface area contributed by atoms with Crippen molar-refractivity contribution in [3.05, 3.63) is 53.3 Å². The van der Waals surface area contributed by atoms with Gasteiger partial charge in [-0.05, 0) is 38.8 Å². The molecule has 0 bridgehead atoms. The number of guanidine groups is 1. The summed E-state index contributed by atoms with van der Waals surface area (Å²) < 4.78 is 2.03. The Bertz CT molecular complexity index is 681. The van der Waals surface area contributed by atoms with E-state index in [0.717, 1.165) is 43.3 Å². The van der Waals surface area contributed by atoms with E-state index in [2.05, 4.69) is 33.7 Å². The number of nitrogens with zero attached hydrogens (tertiary/aromatic N) is 3. The summed E-state index contributed by atoms with van der Waals surface area (Å²) in [6, 6.07) is 12.1. The minimum Gasteiger partial charge on any atom is -0.391 e. The van der Waals surface area contributed by atoms with Crippen LogP contribution in [0, 0.1) is 13.8 Å². The second kappa shape index (κ2) is 10.6. The number of rotatable bonds is 9. The van der Waals surface area contributed by atoms with Crippen molar-refractivity contribution in [1.82, 2.24) is 20.4 Å². The standard InChI is InChI=1S/C20H31N5O/c1-4-21-20(22-11-8-12-25-17(3)13-16(2)24-25)23-15-19(26)14-18-9-6-5-7-10-18/h5-7,9-10,13,19,26H,4,8,11-12,14-15H2,1-3H3,(H2,21,22,23). The smallest absolute Gasteiger partial charge is 0.191 e. The highest BCUT2D eigenvalue weighted by Crippen LogP contribution is 2.04. The number of nitrogens with one attached hydrogen (secondary N) is 2. The summed E-state index contributed by atoms with van der Waals surface area (Å²) >= 11 is 0. The molecule has 0 aliphatic rings. The van der Waals surface area contributed by atoms with Gasteiger partial charge in [0, 0.05) is 31.7 Å². The predicted molar refractivity (Wildman–Crippen MR) is 106 cm³/mol. The predicted octanol–water partition coefficient (Wildman–Crippen LogP) is 2.05. The Balaban J connectivity index is 1.75. The Labute approximate surface area is 156 Å². The molecule has 3 N–H and O–H groups in total. The van der Waals surface area contributed by atoms with E-state index < -0.39 is 6.10 Å². The third-order valence-electron chi connectivity index (χ3n) is 4.06. The van der Waals surface area contributed by atoms with Gasteiger partial charge in [-0.25, -0.2) is 0 Å². The van der Waals surface area contributed by atoms with Crippen LogP contribution in [0.5, 0.6) is 0 Å². The van der Waals surface area contributed by atoms with Crippen LogP contribution in [0.1, 0.15) is 30.3 Å². The monoisotopic (exact) mass is 357 g/mol. The van der Waals surface area contributed by atoms with Crippen molar-refractivity contribution in [2.24, 2.45) is 4.99 Å². The molecule has 2 rings (SSSR count). The average molecular weight is 358 g/mol. The second-order valence-electron chi connectivity index (χ2n) is 6.49. The second-order valence-corrected chi connectivity index (χ2v) is 6.49. The first-order valence-corrected chi connectivity index (χ1v) is 9.33. The van der Waals surface area contributed by atoms with Crippen molar-refractivity contribution in [2.45, 2.75) is 46.3 Å². The van der Waals surface area contributed by atoms with Crippen LogP contribution in [-0.4, -0.2) is 46.6 Å². The summed E-state index contributed by atoms with van der Waals surface area (Å²) in [5.74, 6) is 0.743. The normalized spacial score (nSPS) is 12.8. The fraction of sp³-hybridized carbons (Fsp3) is 0.500. The molecule has 1 aromatic heterocycles. The van der Waals surface area contributed by atoms with Crippen LogP contribution < -0.4 is 10.6 Å². The zero-order valence-corrected chi connectivity index (χ0v) is 16.1. The first-order chi connectivity index (χ1) is 12.6. The molecule has 0 amide bonds. The largest absolute Gasteiger partial charge is 0.391 e. The molecular formula is C20H31N5O. The molecule has 6 nitrogen and oxygen atoms in total. The van der Waals surface area contributed by atoms with Crippen LogP contribution in [0.4, 0.5) is 0 Å². The fourth-order valence-corrected chi connectivity index (χ4v) is 2.83. The lowest BCUT2D eigenvalue weighted by molar-refractivity contribution is 0.183. The molecule has 2 aromatic rings. The van der Waals surface area contributed by atoms with Crippen LogP contribution in [-0.2, 0) is 13.0 Å². The SMILES string of the molecule is CCNC(=NCC(O)Cc1ccccc1)NCCCn1nc(C)cc1C. The third kappa shape index (κ3) is 6.88. The first-order valence-electron chi connectivity index (χ1n) is 9.33. The Morgan fingerprint density at radius 3 is 2.65 bits per heavy atom. The Morgan fingerprint density at radius 2 is 2.00 bits per heavy atom. The summed E-state index contributed by atoms with van der Waals surface area (Å²) in [5, 5.41) is 21.2. The van der Waals surface area contributed by atoms with Gasteiger partial charge in [0.15, 0.2) is 5.96 Å².